The van der Waals surface area contributed by atoms with Gasteiger partial charge in [0, 0.05) is 60.7 Å². The van der Waals surface area contributed by atoms with E-state index in [0.29, 0.717) is 17.5 Å². The van der Waals surface area contributed by atoms with E-state index >= 15 is 0 Å². The summed E-state index contributed by atoms with van der Waals surface area (Å²) in [6.45, 7) is 8.93. The first-order valence-corrected chi connectivity index (χ1v) is 18.1. The SMILES string of the molecule is CC(C)(C)c1ccc(-c2ccccc2)c(N2[CH-]N(c3[c-]c(Oc4[c-]c5c(cc4)c4ccccc4n5-c4nc5ccccc5o4)ccc3)c3ccccc32)c1.[Pt]. The van der Waals surface area contributed by atoms with E-state index in [1.807, 2.05) is 59.2 Å². The molecule has 0 spiro atoms. The van der Waals surface area contributed by atoms with Gasteiger partial charge in [0.1, 0.15) is 5.52 Å². The molecule has 0 radical (unpaired) electrons. The fourth-order valence-corrected chi connectivity index (χ4v) is 7.40. The van der Waals surface area contributed by atoms with Crippen molar-refractivity contribution in [3.05, 3.63) is 176 Å². The molecule has 0 saturated heterocycles. The van der Waals surface area contributed by atoms with Crippen LogP contribution in [0.4, 0.5) is 22.7 Å². The average Bonchev–Trinajstić information content (AvgIpc) is 3.89. The second-order valence-corrected chi connectivity index (χ2v) is 14.6. The first-order chi connectivity index (χ1) is 26.4. The van der Waals surface area contributed by atoms with Crippen LogP contribution in [0.25, 0.3) is 50.0 Å². The summed E-state index contributed by atoms with van der Waals surface area (Å²) in [5.74, 6) is 1.15. The van der Waals surface area contributed by atoms with Crippen LogP contribution in [0.1, 0.15) is 26.3 Å². The number of nitrogens with zero attached hydrogens (tertiary/aromatic N) is 4. The molecular formula is C48H35N4O2Pt-3. The Morgan fingerprint density at radius 2 is 1.36 bits per heavy atom. The molecule has 6 nitrogen and oxygen atoms in total. The molecule has 10 rings (SSSR count). The summed E-state index contributed by atoms with van der Waals surface area (Å²) in [6, 6.07) is 59.6. The van der Waals surface area contributed by atoms with E-state index in [1.165, 1.54) is 16.7 Å². The summed E-state index contributed by atoms with van der Waals surface area (Å²) < 4.78 is 14.8. The van der Waals surface area contributed by atoms with Crippen LogP contribution in [0.2, 0.25) is 0 Å². The Labute approximate surface area is 334 Å². The zero-order chi connectivity index (χ0) is 36.4. The predicted molar refractivity (Wildman–Crippen MR) is 218 cm³/mol. The van der Waals surface area contributed by atoms with Crippen molar-refractivity contribution in [1.29, 1.82) is 0 Å². The molecule has 0 unspecified atom stereocenters. The number of hydrogen-bond acceptors (Lipinski definition) is 5. The standard InChI is InChI=1S/C48H35N4O2.Pt/c1-48(2,3)33-24-26-37(32-14-5-4-6-15-32)44(28-33)51-31-50(42-21-10-11-22-43(42)51)34-16-13-17-35(29-34)53-36-25-27-39-38-18-7-9-20-41(38)52(45(39)30-36)47-49-40-19-8-12-23-46(40)54-47;/h4-28,31H,1-3H3;/q-3;. The number of anilines is 4. The molecule has 0 fully saturated rings. The summed E-state index contributed by atoms with van der Waals surface area (Å²) in [5, 5.41) is 2.12. The van der Waals surface area contributed by atoms with Gasteiger partial charge < -0.3 is 19.0 Å². The van der Waals surface area contributed by atoms with E-state index in [2.05, 4.69) is 146 Å². The number of rotatable bonds is 6. The van der Waals surface area contributed by atoms with E-state index in [4.69, 9.17) is 14.1 Å². The van der Waals surface area contributed by atoms with Crippen LogP contribution in [0, 0.1) is 18.8 Å². The van der Waals surface area contributed by atoms with Gasteiger partial charge in [-0.15, -0.1) is 48.1 Å². The van der Waals surface area contributed by atoms with Crippen LogP contribution in [0.5, 0.6) is 11.5 Å². The smallest absolute Gasteiger partial charge is 0.305 e. The van der Waals surface area contributed by atoms with Gasteiger partial charge in [0.2, 0.25) is 0 Å². The molecule has 1 aliphatic rings. The molecule has 55 heavy (non-hydrogen) atoms. The number of oxazole rings is 1. The molecule has 272 valence electrons. The Morgan fingerprint density at radius 1 is 0.636 bits per heavy atom. The molecule has 0 aliphatic carbocycles. The Balaban J connectivity index is 0.00000397. The second kappa shape index (κ2) is 13.6. The first-order valence-electron chi connectivity index (χ1n) is 18.1. The van der Waals surface area contributed by atoms with E-state index < -0.39 is 0 Å². The fraction of sp³-hybridized carbons (Fsp3) is 0.0833. The third-order valence-corrected chi connectivity index (χ3v) is 10.1. The summed E-state index contributed by atoms with van der Waals surface area (Å²) in [7, 11) is 0. The van der Waals surface area contributed by atoms with Crippen LogP contribution in [0.3, 0.4) is 0 Å². The largest absolute Gasteiger partial charge is 0.509 e. The van der Waals surface area contributed by atoms with Crippen molar-refractivity contribution in [3.63, 3.8) is 0 Å². The number of ether oxygens (including phenoxy) is 1. The van der Waals surface area contributed by atoms with Gasteiger partial charge >= 0.3 is 6.01 Å². The molecule has 7 aromatic carbocycles. The molecular weight excluding hydrogens is 860 g/mol. The molecule has 0 N–H and O–H groups in total. The Morgan fingerprint density at radius 3 is 2.18 bits per heavy atom. The van der Waals surface area contributed by atoms with Crippen LogP contribution in [-0.2, 0) is 26.5 Å². The topological polar surface area (TPSA) is 46.7 Å². The van der Waals surface area contributed by atoms with Crippen LogP contribution < -0.4 is 14.5 Å². The van der Waals surface area contributed by atoms with Gasteiger partial charge in [0.25, 0.3) is 0 Å². The van der Waals surface area contributed by atoms with E-state index in [0.717, 1.165) is 55.7 Å². The van der Waals surface area contributed by atoms with Gasteiger partial charge in [-0.2, -0.15) is 17.1 Å². The molecule has 3 heterocycles. The Kier molecular flexibility index (Phi) is 8.59. The van der Waals surface area contributed by atoms with Gasteiger partial charge in [0.05, 0.1) is 0 Å². The average molecular weight is 895 g/mol. The van der Waals surface area contributed by atoms with Crippen molar-refractivity contribution < 1.29 is 30.2 Å². The number of hydrogen-bond donors (Lipinski definition) is 0. The summed E-state index contributed by atoms with van der Waals surface area (Å²) in [5.41, 5.74) is 11.0. The maximum atomic E-state index is 6.53. The van der Waals surface area contributed by atoms with Gasteiger partial charge in [0.15, 0.2) is 5.58 Å². The molecule has 1 aliphatic heterocycles. The molecule has 9 aromatic rings. The minimum Gasteiger partial charge on any atom is -0.509 e. The van der Waals surface area contributed by atoms with Crippen molar-refractivity contribution >= 4 is 55.7 Å². The minimum atomic E-state index is -0.0146. The Bertz CT molecular complexity index is 2820. The van der Waals surface area contributed by atoms with E-state index in [1.54, 1.807) is 0 Å². The van der Waals surface area contributed by atoms with Gasteiger partial charge in [-0.25, -0.2) is 0 Å². The minimum absolute atomic E-state index is 0. The zero-order valence-electron chi connectivity index (χ0n) is 30.4. The third kappa shape index (κ3) is 6.07. The number of para-hydroxylation sites is 5. The van der Waals surface area contributed by atoms with Crippen molar-refractivity contribution in [3.8, 4) is 28.6 Å². The molecule has 0 atom stereocenters. The molecule has 0 amide bonds. The van der Waals surface area contributed by atoms with Crippen molar-refractivity contribution in [2.75, 3.05) is 9.80 Å². The van der Waals surface area contributed by atoms with Crippen LogP contribution >= 0.6 is 0 Å². The van der Waals surface area contributed by atoms with Crippen molar-refractivity contribution in [2.45, 2.75) is 26.2 Å². The zero-order valence-corrected chi connectivity index (χ0v) is 32.7. The monoisotopic (exact) mass is 894 g/mol. The predicted octanol–water partition coefficient (Wildman–Crippen LogP) is 12.7. The van der Waals surface area contributed by atoms with E-state index in [9.17, 15) is 0 Å². The van der Waals surface area contributed by atoms with Crippen molar-refractivity contribution in [1.82, 2.24) is 9.55 Å². The maximum absolute atomic E-state index is 6.53. The normalized spacial score (nSPS) is 12.7. The molecule has 0 saturated carbocycles. The number of aromatic nitrogens is 2. The molecule has 0 bridgehead atoms. The third-order valence-electron chi connectivity index (χ3n) is 10.1. The fourth-order valence-electron chi connectivity index (χ4n) is 7.40. The summed E-state index contributed by atoms with van der Waals surface area (Å²) >= 11 is 0. The maximum Gasteiger partial charge on any atom is 0.305 e. The van der Waals surface area contributed by atoms with Crippen molar-refractivity contribution in [2.24, 2.45) is 0 Å². The first kappa shape index (κ1) is 34.7. The second-order valence-electron chi connectivity index (χ2n) is 14.6. The van der Waals surface area contributed by atoms with Gasteiger partial charge in [-0.1, -0.05) is 111 Å². The van der Waals surface area contributed by atoms with Crippen LogP contribution in [0.15, 0.2) is 156 Å². The van der Waals surface area contributed by atoms with Crippen LogP contribution in [-0.4, -0.2) is 9.55 Å². The van der Waals surface area contributed by atoms with Gasteiger partial charge in [-0.3, -0.25) is 4.57 Å². The molecule has 7 heteroatoms. The number of benzene rings is 7. The van der Waals surface area contributed by atoms with E-state index in [-0.39, 0.29) is 26.5 Å². The summed E-state index contributed by atoms with van der Waals surface area (Å²) in [4.78, 5) is 9.30. The summed E-state index contributed by atoms with van der Waals surface area (Å²) in [6.07, 6.45) is 0. The van der Waals surface area contributed by atoms with Gasteiger partial charge in [-0.05, 0) is 58.3 Å². The Hall–Kier alpha value is -6.10. The molecule has 2 aromatic heterocycles. The number of fused-ring (bicyclic) bond motifs is 5. The quantitative estimate of drug-likeness (QED) is 0.156.